The lowest BCUT2D eigenvalue weighted by molar-refractivity contribution is 0.263. The van der Waals surface area contributed by atoms with Crippen molar-refractivity contribution < 1.29 is 9.63 Å². The van der Waals surface area contributed by atoms with E-state index in [1.54, 1.807) is 0 Å². The van der Waals surface area contributed by atoms with Crippen molar-refractivity contribution in [1.82, 2.24) is 24.9 Å². The summed E-state index contributed by atoms with van der Waals surface area (Å²) in [5.74, 6) is 2.51. The zero-order valence-corrected chi connectivity index (χ0v) is 12.6. The van der Waals surface area contributed by atoms with Crippen molar-refractivity contribution >= 4 is 11.8 Å². The van der Waals surface area contributed by atoms with E-state index in [9.17, 15) is 5.11 Å². The number of aliphatic hydroxyl groups excluding tert-OH is 1. The first kappa shape index (κ1) is 15.0. The van der Waals surface area contributed by atoms with Crippen molar-refractivity contribution in [3.05, 3.63) is 17.5 Å². The van der Waals surface area contributed by atoms with Gasteiger partial charge in [-0.2, -0.15) is 4.98 Å². The Bertz CT molecular complexity index is 540. The topological polar surface area (TPSA) is 89.9 Å². The maximum Gasteiger partial charge on any atom is 0.226 e. The fourth-order valence-electron chi connectivity index (χ4n) is 1.78. The molecule has 2 heterocycles. The normalized spacial score (nSPS) is 11.2. The van der Waals surface area contributed by atoms with Crippen LogP contribution in [0, 0.1) is 0 Å². The molecule has 0 aliphatic carbocycles. The summed E-state index contributed by atoms with van der Waals surface area (Å²) < 4.78 is 7.07. The van der Waals surface area contributed by atoms with Crippen LogP contribution in [0.25, 0.3) is 0 Å². The van der Waals surface area contributed by atoms with Gasteiger partial charge in [-0.25, -0.2) is 0 Å². The lowest BCUT2D eigenvalue weighted by Gasteiger charge is -2.05. The van der Waals surface area contributed by atoms with Gasteiger partial charge >= 0.3 is 0 Å². The van der Waals surface area contributed by atoms with E-state index in [0.717, 1.165) is 31.0 Å². The van der Waals surface area contributed by atoms with Crippen LogP contribution in [-0.2, 0) is 25.3 Å². The fraction of sp³-hybridized carbons (Fsp3) is 0.667. The monoisotopic (exact) mass is 297 g/mol. The van der Waals surface area contributed by atoms with Crippen LogP contribution in [0.15, 0.2) is 9.68 Å². The predicted molar refractivity (Wildman–Crippen MR) is 74.1 cm³/mol. The number of thioether (sulfide) groups is 1. The highest BCUT2D eigenvalue weighted by Gasteiger charge is 2.13. The smallest absolute Gasteiger partial charge is 0.226 e. The molecular formula is C12H19N5O2S. The van der Waals surface area contributed by atoms with E-state index in [1.165, 1.54) is 11.8 Å². The maximum atomic E-state index is 9.23. The number of hydrogen-bond donors (Lipinski definition) is 1. The number of aryl methyl sites for hydroxylation is 1. The van der Waals surface area contributed by atoms with Gasteiger partial charge in [0.15, 0.2) is 16.8 Å². The highest BCUT2D eigenvalue weighted by atomic mass is 32.2. The lowest BCUT2D eigenvalue weighted by Crippen LogP contribution is -2.04. The fourth-order valence-corrected chi connectivity index (χ4v) is 2.61. The van der Waals surface area contributed by atoms with Crippen molar-refractivity contribution in [2.75, 3.05) is 0 Å². The zero-order valence-electron chi connectivity index (χ0n) is 11.7. The summed E-state index contributed by atoms with van der Waals surface area (Å²) in [6, 6.07) is 0. The zero-order chi connectivity index (χ0) is 14.4. The molecule has 1 N–H and O–H groups in total. The average molecular weight is 297 g/mol. The van der Waals surface area contributed by atoms with E-state index in [-0.39, 0.29) is 6.61 Å². The van der Waals surface area contributed by atoms with Crippen LogP contribution in [0.1, 0.15) is 44.2 Å². The second kappa shape index (κ2) is 7.39. The second-order valence-electron chi connectivity index (χ2n) is 4.35. The number of hydrogen-bond acceptors (Lipinski definition) is 7. The Balaban J connectivity index is 2.00. The van der Waals surface area contributed by atoms with E-state index >= 15 is 0 Å². The molecule has 110 valence electrons. The minimum absolute atomic E-state index is 0.101. The molecule has 0 spiro atoms. The molecule has 0 radical (unpaired) electrons. The van der Waals surface area contributed by atoms with Gasteiger partial charge in [0.2, 0.25) is 5.89 Å². The first-order valence-corrected chi connectivity index (χ1v) is 7.74. The second-order valence-corrected chi connectivity index (χ2v) is 5.29. The quantitative estimate of drug-likeness (QED) is 0.743. The van der Waals surface area contributed by atoms with Gasteiger partial charge in [-0.3, -0.25) is 0 Å². The summed E-state index contributed by atoms with van der Waals surface area (Å²) in [4.78, 5) is 4.31. The maximum absolute atomic E-state index is 9.23. The predicted octanol–water partition coefficient (Wildman–Crippen LogP) is 1.81. The molecule has 0 amide bonds. The van der Waals surface area contributed by atoms with Gasteiger partial charge in [0.1, 0.15) is 6.61 Å². The van der Waals surface area contributed by atoms with Crippen molar-refractivity contribution in [2.24, 2.45) is 0 Å². The third kappa shape index (κ3) is 3.57. The Morgan fingerprint density at radius 2 is 2.10 bits per heavy atom. The molecule has 0 aromatic carbocycles. The average Bonchev–Trinajstić information content (AvgIpc) is 3.04. The molecule has 0 aliphatic heterocycles. The van der Waals surface area contributed by atoms with E-state index < -0.39 is 0 Å². The van der Waals surface area contributed by atoms with Crippen LogP contribution in [0.3, 0.4) is 0 Å². The molecule has 0 aliphatic rings. The largest absolute Gasteiger partial charge is 0.388 e. The van der Waals surface area contributed by atoms with E-state index in [2.05, 4.69) is 34.2 Å². The van der Waals surface area contributed by atoms with Crippen molar-refractivity contribution in [1.29, 1.82) is 0 Å². The third-order valence-electron chi connectivity index (χ3n) is 2.69. The van der Waals surface area contributed by atoms with Gasteiger partial charge in [0.25, 0.3) is 0 Å². The molecule has 8 heteroatoms. The van der Waals surface area contributed by atoms with Crippen molar-refractivity contribution in [2.45, 2.75) is 57.2 Å². The Kier molecular flexibility index (Phi) is 5.54. The number of aromatic nitrogens is 5. The summed E-state index contributed by atoms with van der Waals surface area (Å²) in [6.07, 6.45) is 2.75. The lowest BCUT2D eigenvalue weighted by atomic mass is 10.3. The molecule has 0 atom stereocenters. The van der Waals surface area contributed by atoms with Crippen molar-refractivity contribution in [3.8, 4) is 0 Å². The molecular weight excluding hydrogens is 278 g/mol. The molecule has 0 saturated carbocycles. The Morgan fingerprint density at radius 3 is 2.80 bits per heavy atom. The molecule has 7 nitrogen and oxygen atoms in total. The highest BCUT2D eigenvalue weighted by Crippen LogP contribution is 2.21. The van der Waals surface area contributed by atoms with Crippen molar-refractivity contribution in [3.63, 3.8) is 0 Å². The van der Waals surface area contributed by atoms with E-state index in [1.807, 2.05) is 4.57 Å². The van der Waals surface area contributed by atoms with Gasteiger partial charge < -0.3 is 14.2 Å². The first-order chi connectivity index (χ1) is 9.78. The SMILES string of the molecule is CCCc1nc(CSc2nnc(CO)n2CCC)no1. The van der Waals surface area contributed by atoms with Gasteiger partial charge in [-0.1, -0.05) is 30.8 Å². The van der Waals surface area contributed by atoms with Crippen LogP contribution in [-0.4, -0.2) is 30.0 Å². The minimum atomic E-state index is -0.101. The van der Waals surface area contributed by atoms with Gasteiger partial charge in [-0.05, 0) is 12.8 Å². The molecule has 20 heavy (non-hydrogen) atoms. The number of aliphatic hydroxyl groups is 1. The number of nitrogens with zero attached hydrogens (tertiary/aromatic N) is 5. The van der Waals surface area contributed by atoms with Gasteiger partial charge in [-0.15, -0.1) is 10.2 Å². The van der Waals surface area contributed by atoms with Gasteiger partial charge in [0, 0.05) is 13.0 Å². The van der Waals surface area contributed by atoms with Crippen LogP contribution in [0.2, 0.25) is 0 Å². The summed E-state index contributed by atoms with van der Waals surface area (Å²) in [5.41, 5.74) is 0. The van der Waals surface area contributed by atoms with E-state index in [4.69, 9.17) is 4.52 Å². The summed E-state index contributed by atoms with van der Waals surface area (Å²) in [6.45, 7) is 4.84. The summed E-state index contributed by atoms with van der Waals surface area (Å²) in [5, 5.41) is 22.0. The number of rotatable bonds is 8. The Labute approximate surface area is 121 Å². The van der Waals surface area contributed by atoms with Gasteiger partial charge in [0.05, 0.1) is 5.75 Å². The Morgan fingerprint density at radius 1 is 1.25 bits per heavy atom. The summed E-state index contributed by atoms with van der Waals surface area (Å²) in [7, 11) is 0. The molecule has 0 unspecified atom stereocenters. The summed E-state index contributed by atoms with van der Waals surface area (Å²) >= 11 is 1.50. The van der Waals surface area contributed by atoms with Crippen LogP contribution in [0.5, 0.6) is 0 Å². The van der Waals surface area contributed by atoms with Crippen LogP contribution < -0.4 is 0 Å². The molecule has 2 aromatic rings. The van der Waals surface area contributed by atoms with Crippen LogP contribution in [0.4, 0.5) is 0 Å². The first-order valence-electron chi connectivity index (χ1n) is 6.75. The molecule has 0 fully saturated rings. The molecule has 2 aromatic heterocycles. The molecule has 2 rings (SSSR count). The third-order valence-corrected chi connectivity index (χ3v) is 3.65. The Hall–Kier alpha value is -1.41. The van der Waals surface area contributed by atoms with E-state index in [0.29, 0.717) is 23.3 Å². The molecule has 0 bridgehead atoms. The van der Waals surface area contributed by atoms with Crippen LogP contribution >= 0.6 is 11.8 Å². The highest BCUT2D eigenvalue weighted by molar-refractivity contribution is 7.98. The minimum Gasteiger partial charge on any atom is -0.388 e. The molecule has 0 saturated heterocycles. The standard InChI is InChI=1S/C12H19N5O2S/c1-3-5-11-13-9(16-19-11)8-20-12-15-14-10(7-18)17(12)6-4-2/h18H,3-8H2,1-2H3.